The molecule has 0 unspecified atom stereocenters. The molecule has 0 saturated heterocycles. The van der Waals surface area contributed by atoms with Crippen LogP contribution in [-0.2, 0) is 6.54 Å². The zero-order chi connectivity index (χ0) is 16.1. The molecular formula is C17H28N4O. The van der Waals surface area contributed by atoms with Gasteiger partial charge in [-0.3, -0.25) is 0 Å². The Bertz CT molecular complexity index is 604. The fourth-order valence-corrected chi connectivity index (χ4v) is 2.40. The monoisotopic (exact) mass is 304 g/mol. The lowest BCUT2D eigenvalue weighted by Crippen LogP contribution is -2.15. The average molecular weight is 304 g/mol. The van der Waals surface area contributed by atoms with Gasteiger partial charge >= 0.3 is 0 Å². The van der Waals surface area contributed by atoms with Crippen LogP contribution in [0, 0.1) is 5.92 Å². The number of anilines is 1. The summed E-state index contributed by atoms with van der Waals surface area (Å²) >= 11 is 0. The van der Waals surface area contributed by atoms with Crippen LogP contribution in [0.15, 0.2) is 18.2 Å². The van der Waals surface area contributed by atoms with Gasteiger partial charge in [0.1, 0.15) is 5.75 Å². The van der Waals surface area contributed by atoms with Crippen LogP contribution in [0.5, 0.6) is 5.75 Å². The number of nitrogen functional groups attached to an aromatic ring is 1. The van der Waals surface area contributed by atoms with Crippen LogP contribution in [0.4, 0.5) is 5.95 Å². The normalized spacial score (nSPS) is 11.7. The first-order valence-corrected chi connectivity index (χ1v) is 8.00. The summed E-state index contributed by atoms with van der Waals surface area (Å²) in [7, 11) is 4.16. The number of hydrogen-bond donors (Lipinski definition) is 1. The lowest BCUT2D eigenvalue weighted by Gasteiger charge is -2.12. The summed E-state index contributed by atoms with van der Waals surface area (Å²) in [6.07, 6.45) is 2.10. The first-order valence-electron chi connectivity index (χ1n) is 8.00. The molecule has 5 nitrogen and oxygen atoms in total. The second kappa shape index (κ2) is 7.49. The topological polar surface area (TPSA) is 56.3 Å². The maximum absolute atomic E-state index is 6.06. The molecule has 0 aliphatic heterocycles. The second-order valence-electron chi connectivity index (χ2n) is 6.46. The Morgan fingerprint density at radius 2 is 2.09 bits per heavy atom. The molecule has 122 valence electrons. The summed E-state index contributed by atoms with van der Waals surface area (Å²) in [5.74, 6) is 2.12. The van der Waals surface area contributed by atoms with Gasteiger partial charge in [0, 0.05) is 12.6 Å². The van der Waals surface area contributed by atoms with E-state index in [1.54, 1.807) is 0 Å². The largest absolute Gasteiger partial charge is 0.494 e. The molecule has 0 saturated carbocycles. The van der Waals surface area contributed by atoms with E-state index < -0.39 is 0 Å². The Morgan fingerprint density at radius 3 is 2.77 bits per heavy atom. The van der Waals surface area contributed by atoms with Crippen molar-refractivity contribution in [2.45, 2.75) is 33.2 Å². The Morgan fingerprint density at radius 1 is 1.32 bits per heavy atom. The zero-order valence-corrected chi connectivity index (χ0v) is 14.2. The van der Waals surface area contributed by atoms with E-state index >= 15 is 0 Å². The minimum absolute atomic E-state index is 0.577. The standard InChI is InChI=1S/C17H28N4O/c1-13(2)8-11-22-14-6-7-15-16(12-14)21(17(18)19-15)10-5-9-20(3)4/h6-7,12-13H,5,8-11H2,1-4H3,(H2,18,19). The van der Waals surface area contributed by atoms with E-state index in [0.717, 1.165) is 49.3 Å². The van der Waals surface area contributed by atoms with Crippen molar-refractivity contribution in [2.75, 3.05) is 33.0 Å². The lowest BCUT2D eigenvalue weighted by molar-refractivity contribution is 0.290. The molecule has 1 aromatic carbocycles. The third-order valence-corrected chi connectivity index (χ3v) is 3.70. The van der Waals surface area contributed by atoms with Gasteiger partial charge in [-0.1, -0.05) is 13.8 Å². The quantitative estimate of drug-likeness (QED) is 0.814. The zero-order valence-electron chi connectivity index (χ0n) is 14.2. The van der Waals surface area contributed by atoms with E-state index in [1.165, 1.54) is 0 Å². The van der Waals surface area contributed by atoms with E-state index in [-0.39, 0.29) is 0 Å². The minimum Gasteiger partial charge on any atom is -0.494 e. The van der Waals surface area contributed by atoms with E-state index in [0.29, 0.717) is 11.9 Å². The summed E-state index contributed by atoms with van der Waals surface area (Å²) in [4.78, 5) is 6.61. The van der Waals surface area contributed by atoms with Crippen molar-refractivity contribution in [3.8, 4) is 5.75 Å². The van der Waals surface area contributed by atoms with E-state index in [2.05, 4.69) is 48.5 Å². The van der Waals surface area contributed by atoms with Crippen LogP contribution < -0.4 is 10.5 Å². The van der Waals surface area contributed by atoms with Crippen LogP contribution in [0.2, 0.25) is 0 Å². The number of nitrogens with zero attached hydrogens (tertiary/aromatic N) is 3. The molecule has 1 heterocycles. The molecule has 22 heavy (non-hydrogen) atoms. The highest BCUT2D eigenvalue weighted by Gasteiger charge is 2.09. The maximum atomic E-state index is 6.06. The molecular weight excluding hydrogens is 276 g/mol. The van der Waals surface area contributed by atoms with Gasteiger partial charge in [0.05, 0.1) is 17.6 Å². The molecule has 0 amide bonds. The maximum Gasteiger partial charge on any atom is 0.201 e. The number of aromatic nitrogens is 2. The van der Waals surface area contributed by atoms with Gasteiger partial charge in [0.2, 0.25) is 5.95 Å². The molecule has 2 N–H and O–H groups in total. The highest BCUT2D eigenvalue weighted by molar-refractivity contribution is 5.79. The van der Waals surface area contributed by atoms with Crippen LogP contribution in [-0.4, -0.2) is 41.7 Å². The first-order chi connectivity index (χ1) is 10.5. The number of fused-ring (bicyclic) bond motifs is 1. The third-order valence-electron chi connectivity index (χ3n) is 3.70. The fraction of sp³-hybridized carbons (Fsp3) is 0.588. The number of nitrogens with two attached hydrogens (primary N) is 1. The lowest BCUT2D eigenvalue weighted by atomic mass is 10.1. The predicted molar refractivity (Wildman–Crippen MR) is 92.3 cm³/mol. The van der Waals surface area contributed by atoms with Crippen molar-refractivity contribution in [1.82, 2.24) is 14.5 Å². The van der Waals surface area contributed by atoms with Gasteiger partial charge < -0.3 is 19.9 Å². The van der Waals surface area contributed by atoms with E-state index in [1.807, 2.05) is 12.1 Å². The molecule has 0 bridgehead atoms. The van der Waals surface area contributed by atoms with Crippen LogP contribution in [0.1, 0.15) is 26.7 Å². The minimum atomic E-state index is 0.577. The molecule has 0 radical (unpaired) electrons. The van der Waals surface area contributed by atoms with Crippen molar-refractivity contribution < 1.29 is 4.74 Å². The van der Waals surface area contributed by atoms with Crippen molar-refractivity contribution in [3.05, 3.63) is 18.2 Å². The van der Waals surface area contributed by atoms with Crippen molar-refractivity contribution >= 4 is 17.0 Å². The Labute approximate surface area is 133 Å². The molecule has 0 spiro atoms. The van der Waals surface area contributed by atoms with Crippen molar-refractivity contribution in [1.29, 1.82) is 0 Å². The number of aryl methyl sites for hydroxylation is 1. The van der Waals surface area contributed by atoms with Crippen LogP contribution in [0.25, 0.3) is 11.0 Å². The molecule has 0 aliphatic carbocycles. The van der Waals surface area contributed by atoms with Crippen molar-refractivity contribution in [2.24, 2.45) is 5.92 Å². The van der Waals surface area contributed by atoms with Gasteiger partial charge in [-0.25, -0.2) is 4.98 Å². The molecule has 0 aliphatic rings. The fourth-order valence-electron chi connectivity index (χ4n) is 2.40. The van der Waals surface area contributed by atoms with Crippen molar-refractivity contribution in [3.63, 3.8) is 0 Å². The van der Waals surface area contributed by atoms with Gasteiger partial charge in [-0.05, 0) is 51.5 Å². The molecule has 2 aromatic rings. The Hall–Kier alpha value is -1.75. The Kier molecular flexibility index (Phi) is 5.66. The van der Waals surface area contributed by atoms with E-state index in [4.69, 9.17) is 10.5 Å². The van der Waals surface area contributed by atoms with Crippen LogP contribution in [0.3, 0.4) is 0 Å². The van der Waals surface area contributed by atoms with E-state index in [9.17, 15) is 0 Å². The number of rotatable bonds is 8. The number of imidazole rings is 1. The predicted octanol–water partition coefficient (Wildman–Crippen LogP) is 3.00. The van der Waals surface area contributed by atoms with Gasteiger partial charge in [0.25, 0.3) is 0 Å². The summed E-state index contributed by atoms with van der Waals surface area (Å²) < 4.78 is 7.92. The second-order valence-corrected chi connectivity index (χ2v) is 6.46. The summed E-state index contributed by atoms with van der Waals surface area (Å²) in [6.45, 7) is 7.05. The summed E-state index contributed by atoms with van der Waals surface area (Å²) in [5.41, 5.74) is 8.04. The summed E-state index contributed by atoms with van der Waals surface area (Å²) in [6, 6.07) is 6.01. The SMILES string of the molecule is CC(C)CCOc1ccc2nc(N)n(CCCN(C)C)c2c1. The highest BCUT2D eigenvalue weighted by atomic mass is 16.5. The molecule has 0 atom stereocenters. The third kappa shape index (κ3) is 4.37. The number of ether oxygens (including phenoxy) is 1. The molecule has 5 heteroatoms. The first kappa shape index (κ1) is 16.6. The number of benzene rings is 1. The molecule has 1 aromatic heterocycles. The molecule has 0 fully saturated rings. The average Bonchev–Trinajstić information content (AvgIpc) is 2.74. The highest BCUT2D eigenvalue weighted by Crippen LogP contribution is 2.24. The van der Waals surface area contributed by atoms with Gasteiger partial charge in [-0.15, -0.1) is 0 Å². The molecule has 2 rings (SSSR count). The Balaban J connectivity index is 2.11. The number of hydrogen-bond acceptors (Lipinski definition) is 4. The van der Waals surface area contributed by atoms with Gasteiger partial charge in [0.15, 0.2) is 0 Å². The van der Waals surface area contributed by atoms with Crippen LogP contribution >= 0.6 is 0 Å². The van der Waals surface area contributed by atoms with Gasteiger partial charge in [-0.2, -0.15) is 0 Å². The summed E-state index contributed by atoms with van der Waals surface area (Å²) in [5, 5.41) is 0. The smallest absolute Gasteiger partial charge is 0.201 e.